The second-order valence-corrected chi connectivity index (χ2v) is 3.06. The van der Waals surface area contributed by atoms with Crippen LogP contribution >= 0.6 is 0 Å². The van der Waals surface area contributed by atoms with Crippen molar-refractivity contribution in [2.75, 3.05) is 0 Å². The Balaban J connectivity index is 2.61. The Kier molecular flexibility index (Phi) is 1.30. The van der Waals surface area contributed by atoms with Crippen molar-refractivity contribution in [3.8, 4) is 0 Å². The fourth-order valence-electron chi connectivity index (χ4n) is 1.49. The SMILES string of the molecule is Cc1nnc2c3cccnc3cnn12. The lowest BCUT2D eigenvalue weighted by Gasteiger charge is -1.97. The van der Waals surface area contributed by atoms with Gasteiger partial charge in [0, 0.05) is 11.6 Å². The Labute approximate surface area is 79.4 Å². The van der Waals surface area contributed by atoms with E-state index in [0.717, 1.165) is 22.4 Å². The summed E-state index contributed by atoms with van der Waals surface area (Å²) in [6.07, 6.45) is 3.46. The van der Waals surface area contributed by atoms with Crippen molar-refractivity contribution in [3.63, 3.8) is 0 Å². The van der Waals surface area contributed by atoms with E-state index in [1.807, 2.05) is 19.1 Å². The monoisotopic (exact) mass is 185 g/mol. The maximum absolute atomic E-state index is 4.20. The molecule has 68 valence electrons. The quantitative estimate of drug-likeness (QED) is 0.524. The van der Waals surface area contributed by atoms with Crippen LogP contribution in [-0.4, -0.2) is 24.8 Å². The lowest BCUT2D eigenvalue weighted by atomic mass is 10.3. The van der Waals surface area contributed by atoms with E-state index in [2.05, 4.69) is 20.3 Å². The van der Waals surface area contributed by atoms with Gasteiger partial charge in [-0.15, -0.1) is 10.2 Å². The van der Waals surface area contributed by atoms with Crippen LogP contribution in [0.3, 0.4) is 0 Å². The molecule has 3 rings (SSSR count). The minimum Gasteiger partial charge on any atom is -0.254 e. The Morgan fingerprint density at radius 1 is 1.29 bits per heavy atom. The fourth-order valence-corrected chi connectivity index (χ4v) is 1.49. The van der Waals surface area contributed by atoms with E-state index in [4.69, 9.17) is 0 Å². The molecular weight excluding hydrogens is 178 g/mol. The summed E-state index contributed by atoms with van der Waals surface area (Å²) in [5.74, 6) is 0.783. The minimum absolute atomic E-state index is 0.758. The lowest BCUT2D eigenvalue weighted by molar-refractivity contribution is 0.880. The zero-order valence-corrected chi connectivity index (χ0v) is 7.55. The van der Waals surface area contributed by atoms with Crippen molar-refractivity contribution >= 4 is 16.6 Å². The topological polar surface area (TPSA) is 56.0 Å². The first-order valence-electron chi connectivity index (χ1n) is 4.28. The number of hydrogen-bond donors (Lipinski definition) is 0. The average molecular weight is 185 g/mol. The van der Waals surface area contributed by atoms with E-state index < -0.39 is 0 Å². The third-order valence-electron chi connectivity index (χ3n) is 2.17. The molecule has 0 radical (unpaired) electrons. The summed E-state index contributed by atoms with van der Waals surface area (Å²) < 4.78 is 1.71. The van der Waals surface area contributed by atoms with Crippen LogP contribution in [-0.2, 0) is 0 Å². The molecule has 5 nitrogen and oxygen atoms in total. The Bertz CT molecular complexity index is 613. The summed E-state index contributed by atoms with van der Waals surface area (Å²) in [7, 11) is 0. The smallest absolute Gasteiger partial charge is 0.187 e. The Morgan fingerprint density at radius 3 is 3.14 bits per heavy atom. The number of hydrogen-bond acceptors (Lipinski definition) is 4. The largest absolute Gasteiger partial charge is 0.254 e. The summed E-state index contributed by atoms with van der Waals surface area (Å²) in [4.78, 5) is 4.20. The summed E-state index contributed by atoms with van der Waals surface area (Å²) in [6.45, 7) is 1.87. The first-order valence-corrected chi connectivity index (χ1v) is 4.28. The van der Waals surface area contributed by atoms with Crippen LogP contribution in [0, 0.1) is 6.92 Å². The molecule has 0 N–H and O–H groups in total. The predicted octanol–water partition coefficient (Wildman–Crippen LogP) is 0.981. The van der Waals surface area contributed by atoms with E-state index in [1.165, 1.54) is 0 Å². The highest BCUT2D eigenvalue weighted by molar-refractivity contribution is 5.89. The van der Waals surface area contributed by atoms with Crippen molar-refractivity contribution < 1.29 is 0 Å². The minimum atomic E-state index is 0.758. The molecule has 3 aromatic rings. The zero-order chi connectivity index (χ0) is 9.54. The van der Waals surface area contributed by atoms with Gasteiger partial charge in [0.2, 0.25) is 0 Å². The standard InChI is InChI=1S/C9H7N5/c1-6-12-13-9-7-3-2-4-10-8(7)5-11-14(6)9/h2-5H,1H3. The van der Waals surface area contributed by atoms with E-state index >= 15 is 0 Å². The zero-order valence-electron chi connectivity index (χ0n) is 7.55. The maximum Gasteiger partial charge on any atom is 0.187 e. The molecule has 0 spiro atoms. The van der Waals surface area contributed by atoms with Crippen LogP contribution in [0.5, 0.6) is 0 Å². The van der Waals surface area contributed by atoms with Crippen molar-refractivity contribution in [3.05, 3.63) is 30.4 Å². The lowest BCUT2D eigenvalue weighted by Crippen LogP contribution is -1.94. The van der Waals surface area contributed by atoms with Crippen LogP contribution in [0.15, 0.2) is 24.5 Å². The molecule has 3 aromatic heterocycles. The highest BCUT2D eigenvalue weighted by atomic mass is 15.4. The molecule has 0 fully saturated rings. The Morgan fingerprint density at radius 2 is 2.21 bits per heavy atom. The third kappa shape index (κ3) is 0.834. The maximum atomic E-state index is 4.20. The van der Waals surface area contributed by atoms with E-state index in [0.29, 0.717) is 0 Å². The summed E-state index contributed by atoms with van der Waals surface area (Å²) in [6, 6.07) is 3.85. The number of rotatable bonds is 0. The molecule has 0 aromatic carbocycles. The first kappa shape index (κ1) is 7.37. The van der Waals surface area contributed by atoms with Gasteiger partial charge in [-0.2, -0.15) is 9.61 Å². The highest BCUT2D eigenvalue weighted by Gasteiger charge is 2.05. The summed E-state index contributed by atoms with van der Waals surface area (Å²) >= 11 is 0. The van der Waals surface area contributed by atoms with Crippen molar-refractivity contribution in [1.82, 2.24) is 24.8 Å². The molecule has 0 aliphatic rings. The second-order valence-electron chi connectivity index (χ2n) is 3.06. The van der Waals surface area contributed by atoms with Gasteiger partial charge in [-0.3, -0.25) is 4.98 Å². The highest BCUT2D eigenvalue weighted by Crippen LogP contribution is 2.14. The van der Waals surface area contributed by atoms with Crippen LogP contribution in [0.25, 0.3) is 16.6 Å². The first-order chi connectivity index (χ1) is 6.86. The number of aromatic nitrogens is 5. The number of pyridine rings is 1. The molecule has 0 aliphatic carbocycles. The van der Waals surface area contributed by atoms with Crippen LogP contribution in [0.2, 0.25) is 0 Å². The fraction of sp³-hybridized carbons (Fsp3) is 0.111. The van der Waals surface area contributed by atoms with Gasteiger partial charge < -0.3 is 0 Å². The summed E-state index contributed by atoms with van der Waals surface area (Å²) in [5.41, 5.74) is 1.60. The Hall–Kier alpha value is -2.04. The average Bonchev–Trinajstić information content (AvgIpc) is 2.61. The number of fused-ring (bicyclic) bond motifs is 3. The van der Waals surface area contributed by atoms with E-state index in [9.17, 15) is 0 Å². The number of aryl methyl sites for hydroxylation is 1. The molecule has 0 bridgehead atoms. The molecule has 0 amide bonds. The van der Waals surface area contributed by atoms with Gasteiger partial charge in [0.25, 0.3) is 0 Å². The van der Waals surface area contributed by atoms with Gasteiger partial charge in [0.1, 0.15) is 0 Å². The van der Waals surface area contributed by atoms with Crippen LogP contribution in [0.4, 0.5) is 0 Å². The second kappa shape index (κ2) is 2.47. The summed E-state index contributed by atoms with van der Waals surface area (Å²) in [5, 5.41) is 13.2. The van der Waals surface area contributed by atoms with Crippen molar-refractivity contribution in [1.29, 1.82) is 0 Å². The van der Waals surface area contributed by atoms with Crippen LogP contribution in [0.1, 0.15) is 5.82 Å². The third-order valence-corrected chi connectivity index (χ3v) is 2.17. The van der Waals surface area contributed by atoms with Crippen molar-refractivity contribution in [2.45, 2.75) is 6.92 Å². The molecular formula is C9H7N5. The van der Waals surface area contributed by atoms with Crippen LogP contribution < -0.4 is 0 Å². The number of nitrogens with zero attached hydrogens (tertiary/aromatic N) is 5. The molecule has 5 heteroatoms. The van der Waals surface area contributed by atoms with Gasteiger partial charge in [0.15, 0.2) is 11.5 Å². The molecule has 3 heterocycles. The van der Waals surface area contributed by atoms with E-state index in [-0.39, 0.29) is 0 Å². The molecule has 0 aliphatic heterocycles. The van der Waals surface area contributed by atoms with Gasteiger partial charge in [-0.25, -0.2) is 0 Å². The van der Waals surface area contributed by atoms with Gasteiger partial charge in [-0.1, -0.05) is 0 Å². The predicted molar refractivity (Wildman–Crippen MR) is 50.8 cm³/mol. The van der Waals surface area contributed by atoms with Gasteiger partial charge in [0.05, 0.1) is 11.7 Å². The molecule has 14 heavy (non-hydrogen) atoms. The normalized spacial score (nSPS) is 11.2. The van der Waals surface area contributed by atoms with Gasteiger partial charge >= 0.3 is 0 Å². The molecule has 0 atom stereocenters. The van der Waals surface area contributed by atoms with Gasteiger partial charge in [-0.05, 0) is 19.1 Å². The van der Waals surface area contributed by atoms with E-state index in [1.54, 1.807) is 16.9 Å². The molecule has 0 unspecified atom stereocenters. The molecule has 0 saturated carbocycles. The molecule has 0 saturated heterocycles. The van der Waals surface area contributed by atoms with Crippen molar-refractivity contribution in [2.24, 2.45) is 0 Å².